The Morgan fingerprint density at radius 2 is 2.37 bits per heavy atom. The SMILES string of the molecule is Oc1ccc(Br)cc1CNC1CCc2ncnn2C1. The standard InChI is InChI=1S/C13H15BrN4O/c14-10-1-3-12(19)9(5-10)6-15-11-2-4-13-16-8-17-18(13)7-11/h1,3,5,8,11,15,19H,2,4,6-7H2. The fourth-order valence-electron chi connectivity index (χ4n) is 2.35. The molecular formula is C13H15BrN4O. The number of benzene rings is 1. The Morgan fingerprint density at radius 1 is 1.47 bits per heavy atom. The Bertz CT molecular complexity index is 584. The highest BCUT2D eigenvalue weighted by Gasteiger charge is 2.19. The first kappa shape index (κ1) is 12.6. The molecule has 2 heterocycles. The number of halogens is 1. The lowest BCUT2D eigenvalue weighted by Gasteiger charge is -2.23. The summed E-state index contributed by atoms with van der Waals surface area (Å²) in [6, 6.07) is 5.84. The van der Waals surface area contributed by atoms with Gasteiger partial charge in [-0.25, -0.2) is 9.67 Å². The van der Waals surface area contributed by atoms with Gasteiger partial charge in [0.05, 0.1) is 6.54 Å². The molecule has 2 N–H and O–H groups in total. The number of phenols is 1. The normalized spacial score (nSPS) is 18.3. The van der Waals surface area contributed by atoms with Crippen molar-refractivity contribution in [2.24, 2.45) is 0 Å². The molecule has 0 bridgehead atoms. The van der Waals surface area contributed by atoms with E-state index in [0.29, 0.717) is 18.3 Å². The molecule has 2 aromatic rings. The molecule has 0 aliphatic carbocycles. The number of hydrogen-bond acceptors (Lipinski definition) is 4. The zero-order valence-corrected chi connectivity index (χ0v) is 12.0. The van der Waals surface area contributed by atoms with E-state index in [1.165, 1.54) is 0 Å². The van der Waals surface area contributed by atoms with Crippen LogP contribution in [0.15, 0.2) is 29.0 Å². The summed E-state index contributed by atoms with van der Waals surface area (Å²) in [5.41, 5.74) is 0.902. The van der Waals surface area contributed by atoms with E-state index in [1.807, 2.05) is 16.8 Å². The van der Waals surface area contributed by atoms with Gasteiger partial charge in [-0.2, -0.15) is 5.10 Å². The first-order chi connectivity index (χ1) is 9.22. The highest BCUT2D eigenvalue weighted by Crippen LogP contribution is 2.22. The van der Waals surface area contributed by atoms with E-state index >= 15 is 0 Å². The van der Waals surface area contributed by atoms with Gasteiger partial charge in [-0.3, -0.25) is 0 Å². The van der Waals surface area contributed by atoms with Crippen LogP contribution in [0.4, 0.5) is 0 Å². The number of phenolic OH excluding ortho intramolecular Hbond substituents is 1. The Morgan fingerprint density at radius 3 is 3.26 bits per heavy atom. The molecule has 0 amide bonds. The molecule has 1 aromatic heterocycles. The number of nitrogens with one attached hydrogen (secondary N) is 1. The summed E-state index contributed by atoms with van der Waals surface area (Å²) < 4.78 is 2.92. The van der Waals surface area contributed by atoms with Gasteiger partial charge in [-0.15, -0.1) is 0 Å². The van der Waals surface area contributed by atoms with Gasteiger partial charge in [0.25, 0.3) is 0 Å². The molecule has 5 nitrogen and oxygen atoms in total. The number of hydrogen-bond donors (Lipinski definition) is 2. The van der Waals surface area contributed by atoms with Gasteiger partial charge in [-0.05, 0) is 24.6 Å². The predicted octanol–water partition coefficient (Wildman–Crippen LogP) is 1.85. The second-order valence-corrected chi connectivity index (χ2v) is 5.66. The highest BCUT2D eigenvalue weighted by atomic mass is 79.9. The highest BCUT2D eigenvalue weighted by molar-refractivity contribution is 9.10. The van der Waals surface area contributed by atoms with Crippen LogP contribution < -0.4 is 5.32 Å². The summed E-state index contributed by atoms with van der Waals surface area (Å²) in [6.45, 7) is 1.49. The van der Waals surface area contributed by atoms with Crippen LogP contribution in [-0.4, -0.2) is 25.9 Å². The molecule has 0 saturated heterocycles. The predicted molar refractivity (Wildman–Crippen MR) is 74.8 cm³/mol. The Hall–Kier alpha value is -1.40. The minimum Gasteiger partial charge on any atom is -0.508 e. The molecule has 6 heteroatoms. The third kappa shape index (κ3) is 2.79. The van der Waals surface area contributed by atoms with Crippen LogP contribution in [0, 0.1) is 0 Å². The molecule has 1 atom stereocenters. The maximum atomic E-state index is 9.80. The van der Waals surface area contributed by atoms with Crippen LogP contribution in [0.1, 0.15) is 17.8 Å². The van der Waals surface area contributed by atoms with Gasteiger partial charge in [0.2, 0.25) is 0 Å². The minimum atomic E-state index is 0.327. The van der Waals surface area contributed by atoms with E-state index in [-0.39, 0.29) is 0 Å². The minimum absolute atomic E-state index is 0.327. The largest absolute Gasteiger partial charge is 0.508 e. The van der Waals surface area contributed by atoms with E-state index in [2.05, 4.69) is 31.3 Å². The third-order valence-corrected chi connectivity index (χ3v) is 3.92. The molecule has 0 fully saturated rings. The van der Waals surface area contributed by atoms with Gasteiger partial charge < -0.3 is 10.4 Å². The number of fused-ring (bicyclic) bond motifs is 1. The smallest absolute Gasteiger partial charge is 0.138 e. The van der Waals surface area contributed by atoms with Crippen molar-refractivity contribution < 1.29 is 5.11 Å². The number of aryl methyl sites for hydroxylation is 1. The molecule has 19 heavy (non-hydrogen) atoms. The molecule has 0 radical (unpaired) electrons. The number of rotatable bonds is 3. The summed E-state index contributed by atoms with van der Waals surface area (Å²) in [5, 5.41) is 17.5. The second-order valence-electron chi connectivity index (χ2n) is 4.75. The van der Waals surface area contributed by atoms with E-state index < -0.39 is 0 Å². The Balaban J connectivity index is 1.63. The summed E-state index contributed by atoms with van der Waals surface area (Å²) in [4.78, 5) is 4.21. The van der Waals surface area contributed by atoms with Crippen molar-refractivity contribution in [1.29, 1.82) is 0 Å². The van der Waals surface area contributed by atoms with Crippen LogP contribution in [0.2, 0.25) is 0 Å². The van der Waals surface area contributed by atoms with E-state index in [9.17, 15) is 5.11 Å². The fourth-order valence-corrected chi connectivity index (χ4v) is 2.76. The van der Waals surface area contributed by atoms with Crippen LogP contribution in [0.5, 0.6) is 5.75 Å². The summed E-state index contributed by atoms with van der Waals surface area (Å²) in [5.74, 6) is 1.39. The Kier molecular flexibility index (Phi) is 3.52. The molecule has 1 aromatic carbocycles. The number of aromatic nitrogens is 3. The zero-order valence-electron chi connectivity index (χ0n) is 10.4. The van der Waals surface area contributed by atoms with Crippen molar-refractivity contribution >= 4 is 15.9 Å². The first-order valence-electron chi connectivity index (χ1n) is 6.30. The molecular weight excluding hydrogens is 308 g/mol. The second kappa shape index (κ2) is 5.30. The topological polar surface area (TPSA) is 63.0 Å². The summed E-state index contributed by atoms with van der Waals surface area (Å²) >= 11 is 3.42. The lowest BCUT2D eigenvalue weighted by Crippen LogP contribution is -2.37. The van der Waals surface area contributed by atoms with Crippen molar-refractivity contribution in [3.63, 3.8) is 0 Å². The summed E-state index contributed by atoms with van der Waals surface area (Å²) in [6.07, 6.45) is 3.60. The average molecular weight is 323 g/mol. The van der Waals surface area contributed by atoms with Crippen LogP contribution >= 0.6 is 15.9 Å². The third-order valence-electron chi connectivity index (χ3n) is 3.43. The number of nitrogens with zero attached hydrogens (tertiary/aromatic N) is 3. The van der Waals surface area contributed by atoms with Gasteiger partial charge in [-0.1, -0.05) is 15.9 Å². The first-order valence-corrected chi connectivity index (χ1v) is 7.09. The molecule has 1 aliphatic rings. The molecule has 1 aliphatic heterocycles. The maximum absolute atomic E-state index is 9.80. The van der Waals surface area contributed by atoms with Crippen molar-refractivity contribution in [2.75, 3.05) is 0 Å². The zero-order chi connectivity index (χ0) is 13.2. The molecule has 3 rings (SSSR count). The monoisotopic (exact) mass is 322 g/mol. The van der Waals surface area contributed by atoms with E-state index in [4.69, 9.17) is 0 Å². The quantitative estimate of drug-likeness (QED) is 0.905. The van der Waals surface area contributed by atoms with Gasteiger partial charge in [0.15, 0.2) is 0 Å². The molecule has 0 saturated carbocycles. The van der Waals surface area contributed by atoms with E-state index in [1.54, 1.807) is 12.4 Å². The maximum Gasteiger partial charge on any atom is 0.138 e. The van der Waals surface area contributed by atoms with Crippen molar-refractivity contribution in [2.45, 2.75) is 32.0 Å². The van der Waals surface area contributed by atoms with Gasteiger partial charge in [0.1, 0.15) is 17.9 Å². The van der Waals surface area contributed by atoms with Gasteiger partial charge in [0, 0.05) is 29.0 Å². The fraction of sp³-hybridized carbons (Fsp3) is 0.385. The molecule has 0 spiro atoms. The molecule has 100 valence electrons. The van der Waals surface area contributed by atoms with Crippen LogP contribution in [-0.2, 0) is 19.5 Å². The van der Waals surface area contributed by atoms with Crippen LogP contribution in [0.25, 0.3) is 0 Å². The van der Waals surface area contributed by atoms with Gasteiger partial charge >= 0.3 is 0 Å². The Labute approximate surface area is 119 Å². The average Bonchev–Trinajstić information content (AvgIpc) is 2.87. The molecule has 1 unspecified atom stereocenters. The lowest BCUT2D eigenvalue weighted by atomic mass is 10.1. The summed E-state index contributed by atoms with van der Waals surface area (Å²) in [7, 11) is 0. The van der Waals surface area contributed by atoms with Crippen LogP contribution in [0.3, 0.4) is 0 Å². The van der Waals surface area contributed by atoms with Crippen molar-refractivity contribution in [3.8, 4) is 5.75 Å². The van der Waals surface area contributed by atoms with E-state index in [0.717, 1.165) is 35.2 Å². The number of aromatic hydroxyl groups is 1. The van der Waals surface area contributed by atoms with Crippen molar-refractivity contribution in [1.82, 2.24) is 20.1 Å². The van der Waals surface area contributed by atoms with Crippen molar-refractivity contribution in [3.05, 3.63) is 40.4 Å². The lowest BCUT2D eigenvalue weighted by molar-refractivity contribution is 0.355.